The molecular weight excluding hydrogens is 148 g/mol. The summed E-state index contributed by atoms with van der Waals surface area (Å²) < 4.78 is 14.4. The topological polar surface area (TPSA) is 44.8 Å². The number of carbonyl (C=O) groups is 1. The molecule has 0 amide bonds. The maximum Gasteiger partial charge on any atom is 0.318 e. The molecule has 1 unspecified atom stereocenters. The zero-order valence-corrected chi connectivity index (χ0v) is 6.91. The highest BCUT2D eigenvalue weighted by atomic mass is 16.8. The number of hydrogen-bond donors (Lipinski definition) is 0. The minimum Gasteiger partial charge on any atom is -0.413 e. The third-order valence-electron chi connectivity index (χ3n) is 0.927. The molecule has 0 radical (unpaired) electrons. The van der Waals surface area contributed by atoms with Crippen LogP contribution in [-0.4, -0.2) is 26.2 Å². The summed E-state index contributed by atoms with van der Waals surface area (Å²) in [5.74, 6) is 0. The third kappa shape index (κ3) is 5.82. The summed E-state index contributed by atoms with van der Waals surface area (Å²) in [7, 11) is 0. The Morgan fingerprint density at radius 3 is 2.55 bits per heavy atom. The molecule has 11 heavy (non-hydrogen) atoms. The minimum atomic E-state index is -0.836. The molecule has 0 N–H and O–H groups in total. The standard InChI is InChI=1S/C7H14O4/c1-3-5-10-7(9-4-2)11-6-8/h6-7H,3-5H2,1-2H3. The van der Waals surface area contributed by atoms with E-state index >= 15 is 0 Å². The number of ether oxygens (including phenoxy) is 3. The van der Waals surface area contributed by atoms with Crippen LogP contribution in [0.15, 0.2) is 0 Å². The summed E-state index contributed by atoms with van der Waals surface area (Å²) in [5.41, 5.74) is 0. The van der Waals surface area contributed by atoms with E-state index in [4.69, 9.17) is 9.47 Å². The van der Waals surface area contributed by atoms with Gasteiger partial charge in [-0.1, -0.05) is 6.92 Å². The molecule has 0 rings (SSSR count). The monoisotopic (exact) mass is 162 g/mol. The lowest BCUT2D eigenvalue weighted by atomic mass is 10.5. The second-order valence-electron chi connectivity index (χ2n) is 1.85. The molecular formula is C7H14O4. The highest BCUT2D eigenvalue weighted by Gasteiger charge is 2.06. The van der Waals surface area contributed by atoms with Crippen LogP contribution in [0.2, 0.25) is 0 Å². The predicted octanol–water partition coefficient (Wildman–Crippen LogP) is 0.906. The van der Waals surface area contributed by atoms with Gasteiger partial charge in [0.25, 0.3) is 6.47 Å². The van der Waals surface area contributed by atoms with Crippen molar-refractivity contribution in [1.29, 1.82) is 0 Å². The Morgan fingerprint density at radius 2 is 2.09 bits per heavy atom. The van der Waals surface area contributed by atoms with E-state index < -0.39 is 6.48 Å². The normalized spacial score (nSPS) is 12.5. The molecule has 0 aliphatic carbocycles. The molecule has 0 aliphatic heterocycles. The van der Waals surface area contributed by atoms with Crippen LogP contribution < -0.4 is 0 Å². The maximum absolute atomic E-state index is 9.87. The summed E-state index contributed by atoms with van der Waals surface area (Å²) in [6.45, 7) is 4.23. The molecule has 0 saturated carbocycles. The number of hydrogen-bond acceptors (Lipinski definition) is 4. The van der Waals surface area contributed by atoms with Crippen molar-refractivity contribution in [2.45, 2.75) is 26.7 Å². The van der Waals surface area contributed by atoms with Gasteiger partial charge < -0.3 is 14.2 Å². The summed E-state index contributed by atoms with van der Waals surface area (Å²) >= 11 is 0. The van der Waals surface area contributed by atoms with Gasteiger partial charge in [-0.2, -0.15) is 0 Å². The molecule has 0 aromatic heterocycles. The van der Waals surface area contributed by atoms with Crippen molar-refractivity contribution in [2.24, 2.45) is 0 Å². The molecule has 0 aromatic carbocycles. The molecule has 0 heterocycles. The Labute approximate surface area is 66.4 Å². The molecule has 4 heteroatoms. The lowest BCUT2D eigenvalue weighted by molar-refractivity contribution is -0.266. The van der Waals surface area contributed by atoms with Crippen LogP contribution in [0.1, 0.15) is 20.3 Å². The van der Waals surface area contributed by atoms with E-state index in [9.17, 15) is 4.79 Å². The first-order valence-corrected chi connectivity index (χ1v) is 3.67. The van der Waals surface area contributed by atoms with Gasteiger partial charge in [0.05, 0.1) is 13.2 Å². The quantitative estimate of drug-likeness (QED) is 0.412. The molecule has 0 bridgehead atoms. The first-order chi connectivity index (χ1) is 5.35. The van der Waals surface area contributed by atoms with E-state index in [1.807, 2.05) is 6.92 Å². The van der Waals surface area contributed by atoms with Gasteiger partial charge in [-0.05, 0) is 13.3 Å². The molecule has 0 aliphatic rings. The van der Waals surface area contributed by atoms with Gasteiger partial charge in [0, 0.05) is 0 Å². The highest BCUT2D eigenvalue weighted by Crippen LogP contribution is 1.96. The van der Waals surface area contributed by atoms with Crippen molar-refractivity contribution in [1.82, 2.24) is 0 Å². The summed E-state index contributed by atoms with van der Waals surface area (Å²) in [6.07, 6.45) is 0.867. The average molecular weight is 162 g/mol. The van der Waals surface area contributed by atoms with Crippen molar-refractivity contribution in [3.63, 3.8) is 0 Å². The van der Waals surface area contributed by atoms with E-state index in [1.165, 1.54) is 0 Å². The Kier molecular flexibility index (Phi) is 7.08. The summed E-state index contributed by atoms with van der Waals surface area (Å²) in [6, 6.07) is 0. The van der Waals surface area contributed by atoms with Gasteiger partial charge in [0.2, 0.25) is 0 Å². The average Bonchev–Trinajstić information content (AvgIpc) is 2.01. The Hall–Kier alpha value is -0.610. The molecule has 1 atom stereocenters. The molecule has 0 fully saturated rings. The molecule has 66 valence electrons. The molecule has 0 saturated heterocycles. The molecule has 0 aromatic rings. The van der Waals surface area contributed by atoms with Crippen LogP contribution in [0.4, 0.5) is 0 Å². The van der Waals surface area contributed by atoms with E-state index in [0.717, 1.165) is 6.42 Å². The summed E-state index contributed by atoms with van der Waals surface area (Å²) in [4.78, 5) is 9.87. The van der Waals surface area contributed by atoms with Gasteiger partial charge in [0.1, 0.15) is 0 Å². The van der Waals surface area contributed by atoms with E-state index in [2.05, 4.69) is 4.74 Å². The highest BCUT2D eigenvalue weighted by molar-refractivity contribution is 5.36. The van der Waals surface area contributed by atoms with Crippen LogP contribution in [0, 0.1) is 0 Å². The van der Waals surface area contributed by atoms with Crippen molar-refractivity contribution >= 4 is 6.47 Å². The zero-order chi connectivity index (χ0) is 8.53. The van der Waals surface area contributed by atoms with E-state index in [-0.39, 0.29) is 0 Å². The van der Waals surface area contributed by atoms with E-state index in [0.29, 0.717) is 19.7 Å². The largest absolute Gasteiger partial charge is 0.413 e. The van der Waals surface area contributed by atoms with Crippen LogP contribution in [0.3, 0.4) is 0 Å². The molecule has 4 nitrogen and oxygen atoms in total. The fourth-order valence-corrected chi connectivity index (χ4v) is 0.522. The smallest absolute Gasteiger partial charge is 0.318 e. The Morgan fingerprint density at radius 1 is 1.36 bits per heavy atom. The van der Waals surface area contributed by atoms with Crippen LogP contribution >= 0.6 is 0 Å². The fourth-order valence-electron chi connectivity index (χ4n) is 0.522. The zero-order valence-electron chi connectivity index (χ0n) is 6.91. The SMILES string of the molecule is CCCOC(OC=O)OCC. The lowest BCUT2D eigenvalue weighted by Crippen LogP contribution is -2.20. The van der Waals surface area contributed by atoms with Crippen molar-refractivity contribution in [2.75, 3.05) is 13.2 Å². The van der Waals surface area contributed by atoms with Gasteiger partial charge >= 0.3 is 6.48 Å². The second-order valence-corrected chi connectivity index (χ2v) is 1.85. The number of rotatable bonds is 7. The fraction of sp³-hybridized carbons (Fsp3) is 0.857. The first kappa shape index (κ1) is 10.4. The van der Waals surface area contributed by atoms with Crippen LogP contribution in [0.5, 0.6) is 0 Å². The van der Waals surface area contributed by atoms with Crippen molar-refractivity contribution < 1.29 is 19.0 Å². The van der Waals surface area contributed by atoms with Gasteiger partial charge in [-0.3, -0.25) is 4.79 Å². The van der Waals surface area contributed by atoms with E-state index in [1.54, 1.807) is 6.92 Å². The summed E-state index contributed by atoms with van der Waals surface area (Å²) in [5, 5.41) is 0. The third-order valence-corrected chi connectivity index (χ3v) is 0.927. The lowest BCUT2D eigenvalue weighted by Gasteiger charge is -2.13. The maximum atomic E-state index is 9.87. The van der Waals surface area contributed by atoms with Crippen molar-refractivity contribution in [3.8, 4) is 0 Å². The molecule has 0 spiro atoms. The van der Waals surface area contributed by atoms with Gasteiger partial charge in [-0.15, -0.1) is 0 Å². The number of carbonyl (C=O) groups excluding carboxylic acids is 1. The van der Waals surface area contributed by atoms with Crippen LogP contribution in [-0.2, 0) is 19.0 Å². The predicted molar refractivity (Wildman–Crippen MR) is 38.8 cm³/mol. The Balaban J connectivity index is 3.41. The second kappa shape index (κ2) is 7.50. The first-order valence-electron chi connectivity index (χ1n) is 3.67. The van der Waals surface area contributed by atoms with Crippen molar-refractivity contribution in [3.05, 3.63) is 0 Å². The van der Waals surface area contributed by atoms with Gasteiger partial charge in [0.15, 0.2) is 0 Å². The van der Waals surface area contributed by atoms with Gasteiger partial charge in [-0.25, -0.2) is 0 Å². The Bertz CT molecular complexity index is 94.4. The van der Waals surface area contributed by atoms with Crippen LogP contribution in [0.25, 0.3) is 0 Å². The minimum absolute atomic E-state index is 0.315.